The van der Waals surface area contributed by atoms with Crippen molar-refractivity contribution in [3.63, 3.8) is 0 Å². The molecular formula is C23H21ClF6N2O. The molecule has 3 rings (SSSR count). The maximum absolute atomic E-state index is 14.3. The molecule has 2 aromatic carbocycles. The third-order valence-corrected chi connectivity index (χ3v) is 6.16. The molecule has 0 aliphatic carbocycles. The second-order valence-corrected chi connectivity index (χ2v) is 8.31. The van der Waals surface area contributed by atoms with E-state index in [0.717, 1.165) is 0 Å². The molecule has 1 heterocycles. The molecule has 1 aliphatic rings. The fourth-order valence-electron chi connectivity index (χ4n) is 4.25. The molecular weight excluding hydrogens is 470 g/mol. The standard InChI is InChI=1S/C23H21ClF6N2O/c1-4-18(33)16-12-32(19-13(2)8-7-9-14(19)3)20(15-10-5-6-11-17(15)24)31-21(16,22(25,26)27)23(28,29)30/h5-11,16H,4,12H2,1-3H3. The van der Waals surface area contributed by atoms with Gasteiger partial charge < -0.3 is 4.90 Å². The number of rotatable bonds is 4. The van der Waals surface area contributed by atoms with Crippen LogP contribution >= 0.6 is 11.6 Å². The summed E-state index contributed by atoms with van der Waals surface area (Å²) in [4.78, 5) is 17.2. The maximum Gasteiger partial charge on any atom is 0.423 e. The number of amidine groups is 1. The second kappa shape index (κ2) is 8.66. The average Bonchev–Trinajstić information content (AvgIpc) is 2.71. The molecule has 0 radical (unpaired) electrons. The van der Waals surface area contributed by atoms with E-state index in [0.29, 0.717) is 16.8 Å². The van der Waals surface area contributed by atoms with Gasteiger partial charge in [0.15, 0.2) is 0 Å². The van der Waals surface area contributed by atoms with Gasteiger partial charge in [-0.25, -0.2) is 4.99 Å². The number of hydrogen-bond acceptors (Lipinski definition) is 3. The first-order chi connectivity index (χ1) is 15.3. The van der Waals surface area contributed by atoms with Gasteiger partial charge in [0.2, 0.25) is 0 Å². The lowest BCUT2D eigenvalue weighted by Gasteiger charge is -2.47. The van der Waals surface area contributed by atoms with Gasteiger partial charge in [-0.15, -0.1) is 0 Å². The SMILES string of the molecule is CCC(=O)C1CN(c2c(C)cccc2C)C(c2ccccc2Cl)=NC1(C(F)(F)F)C(F)(F)F. The minimum atomic E-state index is -5.87. The van der Waals surface area contributed by atoms with Crippen molar-refractivity contribution < 1.29 is 31.1 Å². The van der Waals surface area contributed by atoms with E-state index < -0.39 is 48.4 Å². The first kappa shape index (κ1) is 25.1. The molecule has 1 unspecified atom stereocenters. The van der Waals surface area contributed by atoms with E-state index in [2.05, 4.69) is 4.99 Å². The van der Waals surface area contributed by atoms with E-state index in [1.165, 1.54) is 36.1 Å². The quantitative estimate of drug-likeness (QED) is 0.448. The molecule has 0 aromatic heterocycles. The third kappa shape index (κ3) is 4.11. The Bertz CT molecular complexity index is 1060. The summed E-state index contributed by atoms with van der Waals surface area (Å²) in [5.41, 5.74) is -3.12. The zero-order valence-electron chi connectivity index (χ0n) is 18.0. The predicted octanol–water partition coefficient (Wildman–Crippen LogP) is 6.68. The van der Waals surface area contributed by atoms with Crippen LogP contribution in [0.1, 0.15) is 30.0 Å². The number of aryl methyl sites for hydroxylation is 2. The molecule has 10 heteroatoms. The summed E-state index contributed by atoms with van der Waals surface area (Å²) < 4.78 is 85.7. The summed E-state index contributed by atoms with van der Waals surface area (Å²) in [5, 5.41) is -0.0639. The Morgan fingerprint density at radius 1 is 1.03 bits per heavy atom. The molecule has 178 valence electrons. The van der Waals surface area contributed by atoms with E-state index in [1.54, 1.807) is 32.0 Å². The lowest BCUT2D eigenvalue weighted by atomic mass is 9.76. The highest BCUT2D eigenvalue weighted by Gasteiger charge is 2.77. The van der Waals surface area contributed by atoms with Crippen molar-refractivity contribution in [1.29, 1.82) is 0 Å². The van der Waals surface area contributed by atoms with Crippen molar-refractivity contribution in [2.45, 2.75) is 45.1 Å². The number of aliphatic imine (C=N–C) groups is 1. The van der Waals surface area contributed by atoms with Crippen LogP contribution in [0.2, 0.25) is 5.02 Å². The number of anilines is 1. The Morgan fingerprint density at radius 2 is 1.58 bits per heavy atom. The van der Waals surface area contributed by atoms with Crippen molar-refractivity contribution in [3.8, 4) is 0 Å². The molecule has 0 bridgehead atoms. The molecule has 1 atom stereocenters. The van der Waals surface area contributed by atoms with Gasteiger partial charge in [-0.2, -0.15) is 26.3 Å². The number of nitrogens with zero attached hydrogens (tertiary/aromatic N) is 2. The van der Waals surface area contributed by atoms with Crippen molar-refractivity contribution in [3.05, 3.63) is 64.2 Å². The molecule has 0 fully saturated rings. The summed E-state index contributed by atoms with van der Waals surface area (Å²) in [5.74, 6) is -4.26. The highest BCUT2D eigenvalue weighted by molar-refractivity contribution is 6.35. The zero-order chi connectivity index (χ0) is 24.8. The van der Waals surface area contributed by atoms with Gasteiger partial charge in [0.05, 0.1) is 10.9 Å². The van der Waals surface area contributed by atoms with E-state index in [1.807, 2.05) is 0 Å². The Balaban J connectivity index is 2.47. The van der Waals surface area contributed by atoms with Crippen LogP contribution in [-0.2, 0) is 4.79 Å². The number of ketones is 1. The normalized spacial score (nSPS) is 18.8. The predicted molar refractivity (Wildman–Crippen MR) is 115 cm³/mol. The van der Waals surface area contributed by atoms with Crippen LogP contribution in [0.25, 0.3) is 0 Å². The topological polar surface area (TPSA) is 32.7 Å². The summed E-state index contributed by atoms with van der Waals surface area (Å²) >= 11 is 6.20. The number of carbonyl (C=O) groups excluding carboxylic acids is 1. The van der Waals surface area contributed by atoms with Gasteiger partial charge in [-0.1, -0.05) is 48.9 Å². The van der Waals surface area contributed by atoms with Gasteiger partial charge in [-0.3, -0.25) is 4.79 Å². The van der Waals surface area contributed by atoms with Crippen molar-refractivity contribution in [1.82, 2.24) is 0 Å². The number of carbonyl (C=O) groups is 1. The van der Waals surface area contributed by atoms with E-state index in [-0.39, 0.29) is 10.6 Å². The molecule has 1 aliphatic heterocycles. The number of benzene rings is 2. The smallest absolute Gasteiger partial charge is 0.325 e. The van der Waals surface area contributed by atoms with Gasteiger partial charge in [0.25, 0.3) is 5.54 Å². The van der Waals surface area contributed by atoms with Crippen molar-refractivity contribution in [2.75, 3.05) is 11.4 Å². The molecule has 0 saturated carbocycles. The van der Waals surface area contributed by atoms with Gasteiger partial charge >= 0.3 is 12.4 Å². The molecule has 0 saturated heterocycles. The molecule has 0 N–H and O–H groups in total. The van der Waals surface area contributed by atoms with E-state index >= 15 is 0 Å². The van der Waals surface area contributed by atoms with Crippen LogP contribution < -0.4 is 4.90 Å². The fraction of sp³-hybridized carbons (Fsp3) is 0.391. The number of Topliss-reactive ketones (excluding diaryl/α,β-unsaturated/α-hetero) is 1. The number of alkyl halides is 6. The van der Waals surface area contributed by atoms with E-state index in [4.69, 9.17) is 11.6 Å². The number of halogens is 7. The minimum Gasteiger partial charge on any atom is -0.325 e. The Labute approximate surface area is 192 Å². The Kier molecular flexibility index (Phi) is 6.59. The highest BCUT2D eigenvalue weighted by atomic mass is 35.5. The summed E-state index contributed by atoms with van der Waals surface area (Å²) in [7, 11) is 0. The van der Waals surface area contributed by atoms with Crippen LogP contribution in [0, 0.1) is 19.8 Å². The molecule has 33 heavy (non-hydrogen) atoms. The lowest BCUT2D eigenvalue weighted by Crippen LogP contribution is -2.68. The maximum atomic E-state index is 14.3. The highest BCUT2D eigenvalue weighted by Crippen LogP contribution is 2.54. The third-order valence-electron chi connectivity index (χ3n) is 5.83. The second-order valence-electron chi connectivity index (χ2n) is 7.90. The summed E-state index contributed by atoms with van der Waals surface area (Å²) in [6.07, 6.45) is -12.3. The lowest BCUT2D eigenvalue weighted by molar-refractivity contribution is -0.307. The number of hydrogen-bond donors (Lipinski definition) is 0. The molecule has 0 spiro atoms. The first-order valence-corrected chi connectivity index (χ1v) is 10.5. The molecule has 2 aromatic rings. The Hall–Kier alpha value is -2.55. The van der Waals surface area contributed by atoms with Crippen LogP contribution in [0.3, 0.4) is 0 Å². The largest absolute Gasteiger partial charge is 0.423 e. The Morgan fingerprint density at radius 3 is 2.06 bits per heavy atom. The monoisotopic (exact) mass is 490 g/mol. The van der Waals surface area contributed by atoms with Crippen molar-refractivity contribution in [2.24, 2.45) is 10.9 Å². The van der Waals surface area contributed by atoms with Gasteiger partial charge in [-0.05, 0) is 37.1 Å². The summed E-state index contributed by atoms with van der Waals surface area (Å²) in [6, 6.07) is 10.7. The zero-order valence-corrected chi connectivity index (χ0v) is 18.7. The van der Waals surface area contributed by atoms with Crippen LogP contribution in [-0.4, -0.2) is 36.1 Å². The van der Waals surface area contributed by atoms with Crippen LogP contribution in [0.5, 0.6) is 0 Å². The fourth-order valence-corrected chi connectivity index (χ4v) is 4.47. The van der Waals surface area contributed by atoms with Crippen molar-refractivity contribution >= 4 is 28.9 Å². The van der Waals surface area contributed by atoms with Crippen LogP contribution in [0.4, 0.5) is 32.0 Å². The van der Waals surface area contributed by atoms with Crippen LogP contribution in [0.15, 0.2) is 47.5 Å². The average molecular weight is 491 g/mol. The first-order valence-electron chi connectivity index (χ1n) is 10.1. The van der Waals surface area contributed by atoms with Gasteiger partial charge in [0.1, 0.15) is 11.6 Å². The summed E-state index contributed by atoms with van der Waals surface area (Å²) in [6.45, 7) is 3.73. The van der Waals surface area contributed by atoms with E-state index in [9.17, 15) is 31.1 Å². The molecule has 0 amide bonds. The van der Waals surface area contributed by atoms with Gasteiger partial charge in [0, 0.05) is 24.2 Å². The number of para-hydroxylation sites is 1. The minimum absolute atomic E-state index is 0.0639. The molecule has 3 nitrogen and oxygen atoms in total.